The Morgan fingerprint density at radius 1 is 1.05 bits per heavy atom. The van der Waals surface area contributed by atoms with Gasteiger partial charge in [-0.25, -0.2) is 4.79 Å². The van der Waals surface area contributed by atoms with Crippen LogP contribution in [-0.2, 0) is 19.1 Å². The summed E-state index contributed by atoms with van der Waals surface area (Å²) >= 11 is 0. The Morgan fingerprint density at radius 3 is 2.18 bits per heavy atom. The molecule has 1 saturated heterocycles. The van der Waals surface area contributed by atoms with E-state index in [1.165, 1.54) is 0 Å². The monoisotopic (exact) mass is 335 g/mol. The number of ether oxygens (including phenoxy) is 2. The molecule has 126 valence electrons. The van der Waals surface area contributed by atoms with E-state index in [1.54, 1.807) is 0 Å². The molecule has 1 aliphatic carbocycles. The Hall–Kier alpha value is -1.52. The summed E-state index contributed by atoms with van der Waals surface area (Å²) < 4.78 is 87.3. The van der Waals surface area contributed by atoms with Crippen molar-refractivity contribution >= 4 is 11.9 Å². The summed E-state index contributed by atoms with van der Waals surface area (Å²) in [7, 11) is 0. The standard InChI is InChI=1S/C11H10F6O5/c12-9(13,7(18)19)11(16,17)10(14,15)8(20)22-5-3-1-2-4-6(5)21-4/h4-6H,1-3H2,(H,18,19)/p-1. The lowest BCUT2D eigenvalue weighted by atomic mass is 9.97. The van der Waals surface area contributed by atoms with Gasteiger partial charge in [-0.2, -0.15) is 26.3 Å². The molecule has 0 N–H and O–H groups in total. The first-order valence-electron chi connectivity index (χ1n) is 6.14. The minimum atomic E-state index is -6.51. The third-order valence-corrected chi connectivity index (χ3v) is 3.53. The minimum Gasteiger partial charge on any atom is -0.544 e. The summed E-state index contributed by atoms with van der Waals surface area (Å²) in [6, 6.07) is 0. The molecule has 22 heavy (non-hydrogen) atoms. The lowest BCUT2D eigenvalue weighted by Crippen LogP contribution is -2.64. The highest BCUT2D eigenvalue weighted by Crippen LogP contribution is 2.47. The summed E-state index contributed by atoms with van der Waals surface area (Å²) in [5, 5.41) is 9.94. The second kappa shape index (κ2) is 5.00. The highest BCUT2D eigenvalue weighted by Gasteiger charge is 2.76. The summed E-state index contributed by atoms with van der Waals surface area (Å²) in [5.74, 6) is -25.5. The van der Waals surface area contributed by atoms with Crippen molar-refractivity contribution in [3.05, 3.63) is 0 Å². The highest BCUT2D eigenvalue weighted by atomic mass is 19.3. The van der Waals surface area contributed by atoms with Crippen LogP contribution in [0.4, 0.5) is 26.3 Å². The second-order valence-corrected chi connectivity index (χ2v) is 5.02. The maximum atomic E-state index is 13.3. The summed E-state index contributed by atoms with van der Waals surface area (Å²) in [6.07, 6.45) is -1.30. The summed E-state index contributed by atoms with van der Waals surface area (Å²) in [5.41, 5.74) is 0. The van der Waals surface area contributed by atoms with Gasteiger partial charge < -0.3 is 19.4 Å². The smallest absolute Gasteiger partial charge is 0.411 e. The molecule has 5 nitrogen and oxygen atoms in total. The Kier molecular flexibility index (Phi) is 3.83. The van der Waals surface area contributed by atoms with Gasteiger partial charge in [-0.1, -0.05) is 0 Å². The van der Waals surface area contributed by atoms with Crippen molar-refractivity contribution in [2.75, 3.05) is 0 Å². The van der Waals surface area contributed by atoms with E-state index in [0.29, 0.717) is 12.8 Å². The number of carbonyl (C=O) groups excluding carboxylic acids is 2. The van der Waals surface area contributed by atoms with Gasteiger partial charge in [0.1, 0.15) is 18.2 Å². The number of carboxylic acids is 1. The molecule has 11 heteroatoms. The van der Waals surface area contributed by atoms with Crippen molar-refractivity contribution < 1.29 is 50.5 Å². The van der Waals surface area contributed by atoms with Gasteiger partial charge in [-0.05, 0) is 19.3 Å². The van der Waals surface area contributed by atoms with Crippen LogP contribution in [0.5, 0.6) is 0 Å². The molecule has 0 aromatic carbocycles. The molecule has 1 heterocycles. The van der Waals surface area contributed by atoms with Crippen LogP contribution in [0.15, 0.2) is 0 Å². The Morgan fingerprint density at radius 2 is 1.64 bits per heavy atom. The molecule has 0 amide bonds. The number of epoxide rings is 1. The summed E-state index contributed by atoms with van der Waals surface area (Å²) in [6.45, 7) is 0. The number of hydrogen-bond donors (Lipinski definition) is 0. The maximum Gasteiger partial charge on any atom is 0.411 e. The van der Waals surface area contributed by atoms with Crippen molar-refractivity contribution in [1.29, 1.82) is 0 Å². The molecule has 2 fully saturated rings. The third-order valence-electron chi connectivity index (χ3n) is 3.53. The molecular weight excluding hydrogens is 326 g/mol. The van der Waals surface area contributed by atoms with Crippen molar-refractivity contribution in [2.45, 2.75) is 55.3 Å². The molecular formula is C11H9F6O5-. The van der Waals surface area contributed by atoms with Crippen molar-refractivity contribution in [3.8, 4) is 0 Å². The molecule has 0 bridgehead atoms. The van der Waals surface area contributed by atoms with E-state index in [2.05, 4.69) is 4.74 Å². The number of hydrogen-bond acceptors (Lipinski definition) is 5. The molecule has 1 aliphatic heterocycles. The second-order valence-electron chi connectivity index (χ2n) is 5.02. The number of rotatable bonds is 5. The molecule has 3 atom stereocenters. The van der Waals surface area contributed by atoms with Crippen LogP contribution >= 0.6 is 0 Å². The predicted octanol–water partition coefficient (Wildman–Crippen LogP) is 0.505. The van der Waals surface area contributed by atoms with E-state index < -0.39 is 41.9 Å². The molecule has 3 unspecified atom stereocenters. The number of halogens is 6. The number of carboxylic acid groups (broad SMARTS) is 1. The van der Waals surface area contributed by atoms with Gasteiger partial charge in [-0.3, -0.25) is 0 Å². The van der Waals surface area contributed by atoms with E-state index in [-0.39, 0.29) is 12.5 Å². The number of esters is 1. The van der Waals surface area contributed by atoms with Gasteiger partial charge in [0.15, 0.2) is 0 Å². The Labute approximate surface area is 119 Å². The Balaban J connectivity index is 2.14. The third kappa shape index (κ3) is 2.40. The van der Waals surface area contributed by atoms with Gasteiger partial charge >= 0.3 is 23.7 Å². The fourth-order valence-corrected chi connectivity index (χ4v) is 2.19. The van der Waals surface area contributed by atoms with E-state index in [9.17, 15) is 41.0 Å². The average molecular weight is 335 g/mol. The first-order valence-corrected chi connectivity index (χ1v) is 6.14. The molecule has 0 aromatic rings. The lowest BCUT2D eigenvalue weighted by molar-refractivity contribution is -0.366. The van der Waals surface area contributed by atoms with E-state index in [4.69, 9.17) is 4.74 Å². The lowest BCUT2D eigenvalue weighted by Gasteiger charge is -2.32. The zero-order valence-electron chi connectivity index (χ0n) is 10.7. The van der Waals surface area contributed by atoms with Crippen LogP contribution in [0, 0.1) is 0 Å². The minimum absolute atomic E-state index is 0.0471. The average Bonchev–Trinajstić information content (AvgIpc) is 3.18. The van der Waals surface area contributed by atoms with Crippen LogP contribution in [-0.4, -0.2) is 48.0 Å². The van der Waals surface area contributed by atoms with Gasteiger partial charge in [0, 0.05) is 0 Å². The molecule has 0 spiro atoms. The summed E-state index contributed by atoms with van der Waals surface area (Å²) in [4.78, 5) is 21.1. The van der Waals surface area contributed by atoms with Crippen LogP contribution in [0.1, 0.15) is 19.3 Å². The topological polar surface area (TPSA) is 79.0 Å². The van der Waals surface area contributed by atoms with Crippen LogP contribution in [0.25, 0.3) is 0 Å². The molecule has 2 aliphatic rings. The van der Waals surface area contributed by atoms with Gasteiger partial charge in [0.05, 0.1) is 6.10 Å². The number of aliphatic carboxylic acids is 1. The quantitative estimate of drug-likeness (QED) is 0.415. The molecule has 2 rings (SSSR count). The fourth-order valence-electron chi connectivity index (χ4n) is 2.19. The van der Waals surface area contributed by atoms with Gasteiger partial charge in [0.2, 0.25) is 0 Å². The zero-order chi connectivity index (χ0) is 16.9. The normalized spacial score (nSPS) is 28.7. The molecule has 0 radical (unpaired) electrons. The van der Waals surface area contributed by atoms with E-state index in [0.717, 1.165) is 0 Å². The maximum absolute atomic E-state index is 13.3. The van der Waals surface area contributed by atoms with Gasteiger partial charge in [-0.15, -0.1) is 0 Å². The number of fused-ring (bicyclic) bond motifs is 1. The van der Waals surface area contributed by atoms with E-state index in [1.807, 2.05) is 0 Å². The first-order chi connectivity index (χ1) is 9.93. The largest absolute Gasteiger partial charge is 0.544 e. The van der Waals surface area contributed by atoms with Crippen LogP contribution in [0.3, 0.4) is 0 Å². The number of alkyl halides is 6. The fraction of sp³-hybridized carbons (Fsp3) is 0.818. The van der Waals surface area contributed by atoms with Crippen molar-refractivity contribution in [1.82, 2.24) is 0 Å². The molecule has 1 saturated carbocycles. The first kappa shape index (κ1) is 16.8. The SMILES string of the molecule is O=C([O-])C(F)(F)C(F)(F)C(F)(F)C(=O)OC1CCCC2OC12. The molecule has 0 aromatic heterocycles. The van der Waals surface area contributed by atoms with Gasteiger partial charge in [0.25, 0.3) is 0 Å². The Bertz CT molecular complexity index is 493. The number of carbonyl (C=O) groups is 2. The van der Waals surface area contributed by atoms with Crippen LogP contribution in [0.2, 0.25) is 0 Å². The predicted molar refractivity (Wildman–Crippen MR) is 52.2 cm³/mol. The zero-order valence-corrected chi connectivity index (χ0v) is 10.7. The van der Waals surface area contributed by atoms with Crippen LogP contribution < -0.4 is 5.11 Å². The van der Waals surface area contributed by atoms with Crippen molar-refractivity contribution in [3.63, 3.8) is 0 Å². The van der Waals surface area contributed by atoms with E-state index >= 15 is 0 Å². The van der Waals surface area contributed by atoms with Crippen molar-refractivity contribution in [2.24, 2.45) is 0 Å². The highest BCUT2D eigenvalue weighted by molar-refractivity contribution is 5.83.